The SMILES string of the molecule is CNc1ccc(C(=O)Nc2ccc(O)cc2C)cn1. The molecular formula is C14H15N3O2. The number of carbonyl (C=O) groups is 1. The molecule has 0 fully saturated rings. The van der Waals surface area contributed by atoms with Gasteiger partial charge in [0.1, 0.15) is 11.6 Å². The molecule has 2 aromatic rings. The second-order valence-corrected chi connectivity index (χ2v) is 4.14. The maximum atomic E-state index is 12.0. The Kier molecular flexibility index (Phi) is 3.66. The minimum Gasteiger partial charge on any atom is -0.508 e. The number of phenolic OH excluding ortho intramolecular Hbond substituents is 1. The van der Waals surface area contributed by atoms with Crippen LogP contribution in [0.3, 0.4) is 0 Å². The lowest BCUT2D eigenvalue weighted by Gasteiger charge is -2.09. The van der Waals surface area contributed by atoms with Gasteiger partial charge in [-0.2, -0.15) is 0 Å². The maximum absolute atomic E-state index is 12.0. The number of phenols is 1. The summed E-state index contributed by atoms with van der Waals surface area (Å²) in [5.41, 5.74) is 1.94. The van der Waals surface area contributed by atoms with Gasteiger partial charge in [0.05, 0.1) is 5.56 Å². The third kappa shape index (κ3) is 3.01. The number of amides is 1. The molecule has 0 unspecified atom stereocenters. The molecule has 5 nitrogen and oxygen atoms in total. The van der Waals surface area contributed by atoms with E-state index in [2.05, 4.69) is 15.6 Å². The number of benzene rings is 1. The molecule has 3 N–H and O–H groups in total. The molecule has 1 heterocycles. The summed E-state index contributed by atoms with van der Waals surface area (Å²) in [7, 11) is 1.77. The number of nitrogens with zero attached hydrogens (tertiary/aromatic N) is 1. The highest BCUT2D eigenvalue weighted by atomic mass is 16.3. The van der Waals surface area contributed by atoms with Gasteiger partial charge in [-0.15, -0.1) is 0 Å². The summed E-state index contributed by atoms with van der Waals surface area (Å²) in [6.07, 6.45) is 1.51. The van der Waals surface area contributed by atoms with Crippen molar-refractivity contribution in [2.45, 2.75) is 6.92 Å². The van der Waals surface area contributed by atoms with E-state index in [1.54, 1.807) is 31.3 Å². The standard InChI is InChI=1S/C14H15N3O2/c1-9-7-11(18)4-5-12(9)17-14(19)10-3-6-13(15-2)16-8-10/h3-8,18H,1-2H3,(H,15,16)(H,17,19). The summed E-state index contributed by atoms with van der Waals surface area (Å²) in [5.74, 6) is 0.650. The molecule has 0 aliphatic carbocycles. The second kappa shape index (κ2) is 5.39. The van der Waals surface area contributed by atoms with Crippen LogP contribution in [0.25, 0.3) is 0 Å². The number of hydrogen-bond acceptors (Lipinski definition) is 4. The van der Waals surface area contributed by atoms with Crippen molar-refractivity contribution in [1.82, 2.24) is 4.98 Å². The van der Waals surface area contributed by atoms with Crippen molar-refractivity contribution in [2.24, 2.45) is 0 Å². The first-order chi connectivity index (χ1) is 9.10. The van der Waals surface area contributed by atoms with Gasteiger partial charge in [-0.3, -0.25) is 4.79 Å². The van der Waals surface area contributed by atoms with Crippen molar-refractivity contribution in [3.05, 3.63) is 47.7 Å². The number of pyridine rings is 1. The van der Waals surface area contributed by atoms with Crippen molar-refractivity contribution in [1.29, 1.82) is 0 Å². The molecule has 5 heteroatoms. The van der Waals surface area contributed by atoms with E-state index in [-0.39, 0.29) is 11.7 Å². The number of aromatic hydroxyl groups is 1. The van der Waals surface area contributed by atoms with E-state index in [4.69, 9.17) is 0 Å². The Morgan fingerprint density at radius 1 is 1.26 bits per heavy atom. The number of aromatic nitrogens is 1. The Bertz CT molecular complexity index is 594. The average Bonchev–Trinajstić information content (AvgIpc) is 2.42. The maximum Gasteiger partial charge on any atom is 0.257 e. The largest absolute Gasteiger partial charge is 0.508 e. The van der Waals surface area contributed by atoms with Crippen LogP contribution in [0.5, 0.6) is 5.75 Å². The lowest BCUT2D eigenvalue weighted by Crippen LogP contribution is -2.13. The summed E-state index contributed by atoms with van der Waals surface area (Å²) in [6, 6.07) is 8.23. The van der Waals surface area contributed by atoms with Gasteiger partial charge in [-0.25, -0.2) is 4.98 Å². The van der Waals surface area contributed by atoms with Crippen molar-refractivity contribution in [3.63, 3.8) is 0 Å². The molecule has 1 amide bonds. The highest BCUT2D eigenvalue weighted by molar-refractivity contribution is 6.04. The first-order valence-electron chi connectivity index (χ1n) is 5.85. The Hall–Kier alpha value is -2.56. The van der Waals surface area contributed by atoms with Crippen molar-refractivity contribution < 1.29 is 9.90 Å². The van der Waals surface area contributed by atoms with Crippen LogP contribution in [0.15, 0.2) is 36.5 Å². The lowest BCUT2D eigenvalue weighted by molar-refractivity contribution is 0.102. The molecule has 0 saturated heterocycles. The quantitative estimate of drug-likeness (QED) is 0.738. The normalized spacial score (nSPS) is 10.0. The topological polar surface area (TPSA) is 74.2 Å². The summed E-state index contributed by atoms with van der Waals surface area (Å²) in [5, 5.41) is 15.0. The number of aryl methyl sites for hydroxylation is 1. The zero-order chi connectivity index (χ0) is 13.8. The van der Waals surface area contributed by atoms with E-state index in [1.165, 1.54) is 12.3 Å². The predicted molar refractivity (Wildman–Crippen MR) is 74.6 cm³/mol. The van der Waals surface area contributed by atoms with Gasteiger partial charge >= 0.3 is 0 Å². The number of nitrogens with one attached hydrogen (secondary N) is 2. The zero-order valence-electron chi connectivity index (χ0n) is 10.8. The second-order valence-electron chi connectivity index (χ2n) is 4.14. The van der Waals surface area contributed by atoms with Crippen LogP contribution < -0.4 is 10.6 Å². The predicted octanol–water partition coefficient (Wildman–Crippen LogP) is 2.39. The molecule has 2 rings (SSSR count). The fourth-order valence-corrected chi connectivity index (χ4v) is 1.66. The summed E-state index contributed by atoms with van der Waals surface area (Å²) < 4.78 is 0. The average molecular weight is 257 g/mol. The van der Waals surface area contributed by atoms with Gasteiger partial charge in [-0.1, -0.05) is 0 Å². The summed E-state index contributed by atoms with van der Waals surface area (Å²) in [4.78, 5) is 16.1. The molecule has 0 bridgehead atoms. The van der Waals surface area contributed by atoms with E-state index in [9.17, 15) is 9.90 Å². The third-order valence-corrected chi connectivity index (χ3v) is 2.74. The van der Waals surface area contributed by atoms with Crippen LogP contribution in [0.4, 0.5) is 11.5 Å². The number of rotatable bonds is 3. The number of anilines is 2. The molecule has 0 spiro atoms. The van der Waals surface area contributed by atoms with Crippen LogP contribution >= 0.6 is 0 Å². The molecule has 0 atom stereocenters. The first kappa shape index (κ1) is 12.9. The molecule has 1 aromatic carbocycles. The van der Waals surface area contributed by atoms with E-state index < -0.39 is 0 Å². The lowest BCUT2D eigenvalue weighted by atomic mass is 10.1. The smallest absolute Gasteiger partial charge is 0.257 e. The molecule has 19 heavy (non-hydrogen) atoms. The van der Waals surface area contributed by atoms with Gasteiger partial charge < -0.3 is 15.7 Å². The number of carbonyl (C=O) groups excluding carboxylic acids is 1. The highest BCUT2D eigenvalue weighted by Gasteiger charge is 2.08. The van der Waals surface area contributed by atoms with Crippen LogP contribution in [-0.4, -0.2) is 23.0 Å². The summed E-state index contributed by atoms with van der Waals surface area (Å²) in [6.45, 7) is 1.82. The highest BCUT2D eigenvalue weighted by Crippen LogP contribution is 2.20. The minimum absolute atomic E-state index is 0.176. The third-order valence-electron chi connectivity index (χ3n) is 2.74. The van der Waals surface area contributed by atoms with Gasteiger partial charge in [0, 0.05) is 18.9 Å². The van der Waals surface area contributed by atoms with Crippen LogP contribution in [0, 0.1) is 6.92 Å². The molecular weight excluding hydrogens is 242 g/mol. The first-order valence-corrected chi connectivity index (χ1v) is 5.85. The van der Waals surface area contributed by atoms with Crippen molar-refractivity contribution in [3.8, 4) is 5.75 Å². The molecule has 98 valence electrons. The number of hydrogen-bond donors (Lipinski definition) is 3. The van der Waals surface area contributed by atoms with Gasteiger partial charge in [0.2, 0.25) is 0 Å². The molecule has 0 saturated carbocycles. The Morgan fingerprint density at radius 2 is 2.05 bits per heavy atom. The van der Waals surface area contributed by atoms with E-state index in [0.29, 0.717) is 17.1 Å². The van der Waals surface area contributed by atoms with Gasteiger partial charge in [0.25, 0.3) is 5.91 Å². The molecule has 0 radical (unpaired) electrons. The molecule has 0 aliphatic heterocycles. The van der Waals surface area contributed by atoms with Gasteiger partial charge in [0.15, 0.2) is 0 Å². The van der Waals surface area contributed by atoms with E-state index >= 15 is 0 Å². The fraction of sp³-hybridized carbons (Fsp3) is 0.143. The summed E-state index contributed by atoms with van der Waals surface area (Å²) >= 11 is 0. The molecule has 1 aromatic heterocycles. The Morgan fingerprint density at radius 3 is 2.63 bits per heavy atom. The fourth-order valence-electron chi connectivity index (χ4n) is 1.66. The minimum atomic E-state index is -0.232. The van der Waals surface area contributed by atoms with E-state index in [0.717, 1.165) is 5.56 Å². The monoisotopic (exact) mass is 257 g/mol. The zero-order valence-corrected chi connectivity index (χ0v) is 10.8. The molecule has 0 aliphatic rings. The van der Waals surface area contributed by atoms with Crippen molar-refractivity contribution >= 4 is 17.4 Å². The Labute approximate surface area is 111 Å². The van der Waals surface area contributed by atoms with E-state index in [1.807, 2.05) is 6.92 Å². The van der Waals surface area contributed by atoms with Gasteiger partial charge in [-0.05, 0) is 42.8 Å². The van der Waals surface area contributed by atoms with Crippen LogP contribution in [-0.2, 0) is 0 Å². The van der Waals surface area contributed by atoms with Crippen molar-refractivity contribution in [2.75, 3.05) is 17.7 Å². The van der Waals surface area contributed by atoms with Crippen LogP contribution in [0.1, 0.15) is 15.9 Å². The Balaban J connectivity index is 2.15. The van der Waals surface area contributed by atoms with Crippen LogP contribution in [0.2, 0.25) is 0 Å².